The van der Waals surface area contributed by atoms with E-state index in [1.165, 1.54) is 0 Å². The number of nitrogens with one attached hydrogen (secondary N) is 2. The maximum Gasteiger partial charge on any atom is 0.270 e. The van der Waals surface area contributed by atoms with Crippen LogP contribution in [0.25, 0.3) is 0 Å². The molecule has 5 nitrogen and oxygen atoms in total. The lowest BCUT2D eigenvalue weighted by molar-refractivity contribution is 0.0945. The van der Waals surface area contributed by atoms with Gasteiger partial charge in [0, 0.05) is 12.2 Å². The first kappa shape index (κ1) is 18.2. The minimum atomic E-state index is -0.285. The van der Waals surface area contributed by atoms with Crippen molar-refractivity contribution >= 4 is 40.7 Å². The molecule has 0 spiro atoms. The number of nitrogens with zero attached hydrogens (tertiary/aromatic N) is 2. The zero-order valence-electron chi connectivity index (χ0n) is 14.0. The Labute approximate surface area is 161 Å². The molecule has 0 radical (unpaired) electrons. The third-order valence-electron chi connectivity index (χ3n) is 3.58. The molecular weight excluding hydrogens is 371 g/mol. The second-order valence-electron chi connectivity index (χ2n) is 5.61. The van der Waals surface area contributed by atoms with Gasteiger partial charge in [-0.25, -0.2) is 9.97 Å². The lowest BCUT2D eigenvalue weighted by atomic mass is 10.2. The van der Waals surface area contributed by atoms with Gasteiger partial charge in [-0.1, -0.05) is 59.6 Å². The molecule has 3 rings (SSSR count). The SMILES string of the molecule is Cc1cc(C(=O)NCc2ccccc2)nc(Nc2c(Cl)cccc2Cl)n1. The average Bonchev–Trinajstić information content (AvgIpc) is 2.63. The molecule has 0 bridgehead atoms. The highest BCUT2D eigenvalue weighted by molar-refractivity contribution is 6.39. The van der Waals surface area contributed by atoms with E-state index in [1.54, 1.807) is 31.2 Å². The van der Waals surface area contributed by atoms with Crippen LogP contribution in [0.2, 0.25) is 10.0 Å². The Balaban J connectivity index is 1.78. The molecule has 1 heterocycles. The summed E-state index contributed by atoms with van der Waals surface area (Å²) < 4.78 is 0. The van der Waals surface area contributed by atoms with Gasteiger partial charge < -0.3 is 10.6 Å². The smallest absolute Gasteiger partial charge is 0.270 e. The summed E-state index contributed by atoms with van der Waals surface area (Å²) in [4.78, 5) is 21.0. The maximum absolute atomic E-state index is 12.4. The van der Waals surface area contributed by atoms with E-state index in [2.05, 4.69) is 20.6 Å². The second kappa shape index (κ2) is 8.17. The largest absolute Gasteiger partial charge is 0.347 e. The molecule has 0 aliphatic heterocycles. The topological polar surface area (TPSA) is 66.9 Å². The summed E-state index contributed by atoms with van der Waals surface area (Å²) in [5.41, 5.74) is 2.42. The third-order valence-corrected chi connectivity index (χ3v) is 4.21. The molecular formula is C19H16Cl2N4O. The van der Waals surface area contributed by atoms with E-state index in [-0.39, 0.29) is 17.5 Å². The van der Waals surface area contributed by atoms with E-state index in [0.29, 0.717) is 28.0 Å². The van der Waals surface area contributed by atoms with Crippen molar-refractivity contribution in [1.29, 1.82) is 0 Å². The number of amides is 1. The first-order chi connectivity index (χ1) is 12.5. The van der Waals surface area contributed by atoms with Crippen molar-refractivity contribution in [2.45, 2.75) is 13.5 Å². The zero-order valence-corrected chi connectivity index (χ0v) is 15.5. The molecule has 1 amide bonds. The van der Waals surface area contributed by atoms with Gasteiger partial charge in [0.25, 0.3) is 5.91 Å². The van der Waals surface area contributed by atoms with Crippen LogP contribution in [0.1, 0.15) is 21.7 Å². The van der Waals surface area contributed by atoms with E-state index in [4.69, 9.17) is 23.2 Å². The number of hydrogen-bond donors (Lipinski definition) is 2. The van der Waals surface area contributed by atoms with E-state index in [9.17, 15) is 4.79 Å². The number of carbonyl (C=O) groups is 1. The predicted molar refractivity (Wildman–Crippen MR) is 104 cm³/mol. The number of benzene rings is 2. The van der Waals surface area contributed by atoms with Crippen LogP contribution in [-0.4, -0.2) is 15.9 Å². The first-order valence-corrected chi connectivity index (χ1v) is 8.67. The fourth-order valence-corrected chi connectivity index (χ4v) is 2.83. The number of carbonyl (C=O) groups excluding carboxylic acids is 1. The molecule has 2 aromatic carbocycles. The number of anilines is 2. The zero-order chi connectivity index (χ0) is 18.5. The van der Waals surface area contributed by atoms with E-state index in [1.807, 2.05) is 30.3 Å². The molecule has 1 aromatic heterocycles. The summed E-state index contributed by atoms with van der Waals surface area (Å²) in [5, 5.41) is 6.72. The number of aryl methyl sites for hydroxylation is 1. The minimum absolute atomic E-state index is 0.255. The first-order valence-electron chi connectivity index (χ1n) is 7.92. The van der Waals surface area contributed by atoms with Crippen LogP contribution in [0, 0.1) is 6.92 Å². The van der Waals surface area contributed by atoms with Crippen molar-refractivity contribution in [1.82, 2.24) is 15.3 Å². The highest BCUT2D eigenvalue weighted by atomic mass is 35.5. The molecule has 0 aliphatic carbocycles. The van der Waals surface area contributed by atoms with Gasteiger partial charge in [0.1, 0.15) is 5.69 Å². The number of para-hydroxylation sites is 1. The highest BCUT2D eigenvalue weighted by Crippen LogP contribution is 2.31. The van der Waals surface area contributed by atoms with Crippen molar-refractivity contribution in [3.8, 4) is 0 Å². The third kappa shape index (κ3) is 4.50. The number of rotatable bonds is 5. The molecule has 0 aliphatic rings. The highest BCUT2D eigenvalue weighted by Gasteiger charge is 2.13. The molecule has 0 saturated carbocycles. The Hall–Kier alpha value is -2.63. The van der Waals surface area contributed by atoms with Gasteiger partial charge in [-0.2, -0.15) is 0 Å². The molecule has 2 N–H and O–H groups in total. The normalized spacial score (nSPS) is 10.4. The van der Waals surface area contributed by atoms with E-state index < -0.39 is 0 Å². The van der Waals surface area contributed by atoms with Crippen LogP contribution in [0.4, 0.5) is 11.6 Å². The van der Waals surface area contributed by atoms with Crippen molar-refractivity contribution < 1.29 is 4.79 Å². The predicted octanol–water partition coefficient (Wildman–Crippen LogP) is 4.77. The summed E-state index contributed by atoms with van der Waals surface area (Å²) in [6, 6.07) is 16.4. The Morgan fingerprint density at radius 2 is 1.69 bits per heavy atom. The fraction of sp³-hybridized carbons (Fsp3) is 0.105. The molecule has 0 unspecified atom stereocenters. The summed E-state index contributed by atoms with van der Waals surface area (Å²) in [6.45, 7) is 2.21. The van der Waals surface area contributed by atoms with Gasteiger partial charge >= 0.3 is 0 Å². The van der Waals surface area contributed by atoms with Crippen molar-refractivity contribution in [3.63, 3.8) is 0 Å². The second-order valence-corrected chi connectivity index (χ2v) is 6.42. The monoisotopic (exact) mass is 386 g/mol. The molecule has 26 heavy (non-hydrogen) atoms. The van der Waals surface area contributed by atoms with Crippen molar-refractivity contribution in [3.05, 3.63) is 81.6 Å². The van der Waals surface area contributed by atoms with Crippen LogP contribution in [0.15, 0.2) is 54.6 Å². The van der Waals surface area contributed by atoms with Crippen molar-refractivity contribution in [2.75, 3.05) is 5.32 Å². The molecule has 7 heteroatoms. The Bertz CT molecular complexity index is 912. The molecule has 132 valence electrons. The maximum atomic E-state index is 12.4. The van der Waals surface area contributed by atoms with E-state index >= 15 is 0 Å². The van der Waals surface area contributed by atoms with Crippen LogP contribution < -0.4 is 10.6 Å². The van der Waals surface area contributed by atoms with Gasteiger partial charge in [-0.05, 0) is 30.7 Å². The molecule has 0 atom stereocenters. The minimum Gasteiger partial charge on any atom is -0.347 e. The van der Waals surface area contributed by atoms with Gasteiger partial charge in [0.15, 0.2) is 0 Å². The lowest BCUT2D eigenvalue weighted by Crippen LogP contribution is -2.24. The average molecular weight is 387 g/mol. The molecule has 0 saturated heterocycles. The standard InChI is InChI=1S/C19H16Cl2N4O/c1-12-10-16(18(26)22-11-13-6-3-2-4-7-13)24-19(23-12)25-17-14(20)8-5-9-15(17)21/h2-10H,11H2,1H3,(H,22,26)(H,23,24,25). The van der Waals surface area contributed by atoms with Crippen molar-refractivity contribution in [2.24, 2.45) is 0 Å². The van der Waals surface area contributed by atoms with Gasteiger partial charge in [-0.3, -0.25) is 4.79 Å². The molecule has 0 fully saturated rings. The Morgan fingerprint density at radius 1 is 1.00 bits per heavy atom. The van der Waals surface area contributed by atoms with Crippen LogP contribution in [0.3, 0.4) is 0 Å². The summed E-state index contributed by atoms with van der Waals surface area (Å²) >= 11 is 12.3. The van der Waals surface area contributed by atoms with Gasteiger partial charge in [-0.15, -0.1) is 0 Å². The fourth-order valence-electron chi connectivity index (χ4n) is 2.34. The van der Waals surface area contributed by atoms with E-state index in [0.717, 1.165) is 5.56 Å². The number of aromatic nitrogens is 2. The lowest BCUT2D eigenvalue weighted by Gasteiger charge is -2.11. The summed E-state index contributed by atoms with van der Waals surface area (Å²) in [6.07, 6.45) is 0. The van der Waals surface area contributed by atoms with Crippen LogP contribution in [-0.2, 0) is 6.54 Å². The van der Waals surface area contributed by atoms with Gasteiger partial charge in [0.2, 0.25) is 5.95 Å². The number of halogens is 2. The quantitative estimate of drug-likeness (QED) is 0.662. The summed E-state index contributed by atoms with van der Waals surface area (Å²) in [7, 11) is 0. The molecule has 3 aromatic rings. The van der Waals surface area contributed by atoms with Crippen LogP contribution in [0.5, 0.6) is 0 Å². The van der Waals surface area contributed by atoms with Gasteiger partial charge in [0.05, 0.1) is 15.7 Å². The Morgan fingerprint density at radius 3 is 2.38 bits per heavy atom. The van der Waals surface area contributed by atoms with Crippen LogP contribution >= 0.6 is 23.2 Å². The number of hydrogen-bond acceptors (Lipinski definition) is 4. The Kier molecular flexibility index (Phi) is 5.71. The summed E-state index contributed by atoms with van der Waals surface area (Å²) in [5.74, 6) is -0.0301.